The zero-order valence-electron chi connectivity index (χ0n) is 21.9. The monoisotopic (exact) mass is 532 g/mol. The molecule has 0 saturated heterocycles. The second-order valence-electron chi connectivity index (χ2n) is 9.46. The van der Waals surface area contributed by atoms with Crippen LogP contribution in [0.25, 0.3) is 0 Å². The molecule has 1 aliphatic rings. The number of rotatable bonds is 11. The summed E-state index contributed by atoms with van der Waals surface area (Å²) in [7, 11) is 0. The third-order valence-electron chi connectivity index (χ3n) is 6.74. The summed E-state index contributed by atoms with van der Waals surface area (Å²) in [4.78, 5) is 57.8. The Morgan fingerprint density at radius 1 is 1.10 bits per heavy atom. The van der Waals surface area contributed by atoms with Crippen molar-refractivity contribution in [3.8, 4) is 0 Å². The van der Waals surface area contributed by atoms with Crippen LogP contribution in [-0.2, 0) is 38.6 Å². The minimum atomic E-state index is -0.831. The predicted molar refractivity (Wildman–Crippen MR) is 142 cm³/mol. The highest BCUT2D eigenvalue weighted by Gasteiger charge is 2.39. The minimum Gasteiger partial charge on any atom is -0.348 e. The Morgan fingerprint density at radius 2 is 1.90 bits per heavy atom. The third-order valence-corrected chi connectivity index (χ3v) is 6.74. The van der Waals surface area contributed by atoms with Crippen LogP contribution in [0.15, 0.2) is 54.9 Å². The molecule has 4 amide bonds. The van der Waals surface area contributed by atoms with E-state index in [1.807, 2.05) is 50.2 Å². The molecule has 0 fully saturated rings. The van der Waals surface area contributed by atoms with E-state index in [0.29, 0.717) is 24.4 Å². The first kappa shape index (κ1) is 27.4. The Morgan fingerprint density at radius 3 is 2.62 bits per heavy atom. The molecule has 12 heteroatoms. The van der Waals surface area contributed by atoms with Crippen molar-refractivity contribution >= 4 is 29.4 Å². The second kappa shape index (κ2) is 12.8. The molecule has 0 radical (unpaired) electrons. The van der Waals surface area contributed by atoms with Crippen molar-refractivity contribution in [2.24, 2.45) is 5.92 Å². The van der Waals surface area contributed by atoms with Gasteiger partial charge < -0.3 is 16.0 Å². The summed E-state index contributed by atoms with van der Waals surface area (Å²) in [5.74, 6) is -1.39. The number of anilines is 1. The molecule has 39 heavy (non-hydrogen) atoms. The van der Waals surface area contributed by atoms with Crippen LogP contribution in [0.5, 0.6) is 0 Å². The fourth-order valence-corrected chi connectivity index (χ4v) is 4.43. The van der Waals surface area contributed by atoms with Gasteiger partial charge in [-0.05, 0) is 23.1 Å². The highest BCUT2D eigenvalue weighted by atomic mass is 16.2. The molecule has 2 aromatic heterocycles. The summed E-state index contributed by atoms with van der Waals surface area (Å²) in [5, 5.41) is 18.3. The van der Waals surface area contributed by atoms with Gasteiger partial charge in [-0.25, -0.2) is 4.98 Å². The van der Waals surface area contributed by atoms with E-state index in [1.54, 1.807) is 18.5 Å². The molecule has 3 heterocycles. The fraction of sp³-hybridized carbons (Fsp3) is 0.370. The first-order valence-electron chi connectivity index (χ1n) is 12.9. The van der Waals surface area contributed by atoms with Crippen LogP contribution in [0.1, 0.15) is 37.1 Å². The van der Waals surface area contributed by atoms with E-state index in [4.69, 9.17) is 0 Å². The molecule has 3 aromatic rings. The summed E-state index contributed by atoms with van der Waals surface area (Å²) >= 11 is 0. The van der Waals surface area contributed by atoms with Crippen molar-refractivity contribution in [3.05, 3.63) is 71.7 Å². The average molecular weight is 533 g/mol. The quantitative estimate of drug-likeness (QED) is 0.282. The number of aromatic amines is 1. The second-order valence-corrected chi connectivity index (χ2v) is 9.46. The molecule has 0 spiro atoms. The Hall–Kier alpha value is -4.61. The summed E-state index contributed by atoms with van der Waals surface area (Å²) in [6.07, 6.45) is 4.19. The maximum Gasteiger partial charge on any atom is 0.248 e. The molecule has 2 unspecified atom stereocenters. The van der Waals surface area contributed by atoms with Gasteiger partial charge >= 0.3 is 0 Å². The number of fused-ring (bicyclic) bond motifs is 1. The lowest BCUT2D eigenvalue weighted by atomic mass is 9.98. The average Bonchev–Trinajstić information content (AvgIpc) is 3.61. The number of carbonyl (C=O) groups excluding carboxylic acids is 4. The zero-order valence-corrected chi connectivity index (χ0v) is 21.9. The lowest BCUT2D eigenvalue weighted by Gasteiger charge is -2.26. The molecule has 0 aliphatic carbocycles. The van der Waals surface area contributed by atoms with E-state index in [9.17, 15) is 19.2 Å². The van der Waals surface area contributed by atoms with Gasteiger partial charge in [0.05, 0.1) is 19.5 Å². The van der Waals surface area contributed by atoms with Gasteiger partial charge in [0.15, 0.2) is 0 Å². The van der Waals surface area contributed by atoms with Crippen LogP contribution in [0.4, 0.5) is 5.82 Å². The minimum absolute atomic E-state index is 0.140. The Balaban J connectivity index is 1.41. The largest absolute Gasteiger partial charge is 0.348 e. The normalized spacial score (nSPS) is 15.6. The Kier molecular flexibility index (Phi) is 8.97. The van der Waals surface area contributed by atoms with Crippen LogP contribution in [0.3, 0.4) is 0 Å². The summed E-state index contributed by atoms with van der Waals surface area (Å²) < 4.78 is 0. The van der Waals surface area contributed by atoms with Gasteiger partial charge in [-0.2, -0.15) is 0 Å². The van der Waals surface area contributed by atoms with Crippen LogP contribution in [0, 0.1) is 5.92 Å². The van der Waals surface area contributed by atoms with Gasteiger partial charge in [0.1, 0.15) is 23.6 Å². The number of benzene rings is 1. The standard InChI is InChI=1S/C27H32N8O4/c1-3-17(2)24(32-22(36)12-18-8-5-4-6-9-18)27(39)30-16-23(37)35-21(13-19-10-7-11-28-25(19)35)26(38)29-14-20-15-31-34-33-20/h4-11,15,17,21,24H,3,12-14,16H2,1-2H3,(H,29,38)(H,30,39)(H,32,36)(H,31,33,34)/t17?,21-,24?/m0/s1. The molecule has 12 nitrogen and oxygen atoms in total. The highest BCUT2D eigenvalue weighted by molar-refractivity contribution is 6.04. The highest BCUT2D eigenvalue weighted by Crippen LogP contribution is 2.30. The number of nitrogens with zero attached hydrogens (tertiary/aromatic N) is 4. The Labute approximate surface area is 226 Å². The van der Waals surface area contributed by atoms with Crippen molar-refractivity contribution in [2.45, 2.75) is 51.7 Å². The van der Waals surface area contributed by atoms with E-state index >= 15 is 0 Å². The molecule has 3 atom stereocenters. The molecule has 4 N–H and O–H groups in total. The number of hydrogen-bond acceptors (Lipinski definition) is 7. The van der Waals surface area contributed by atoms with E-state index in [-0.39, 0.29) is 37.2 Å². The van der Waals surface area contributed by atoms with Gasteiger partial charge in [0.25, 0.3) is 0 Å². The molecule has 1 aliphatic heterocycles. The van der Waals surface area contributed by atoms with Crippen LogP contribution < -0.4 is 20.9 Å². The van der Waals surface area contributed by atoms with Crippen LogP contribution in [-0.4, -0.2) is 62.7 Å². The van der Waals surface area contributed by atoms with E-state index < -0.39 is 23.9 Å². The smallest absolute Gasteiger partial charge is 0.248 e. The van der Waals surface area contributed by atoms with Crippen molar-refractivity contribution < 1.29 is 19.2 Å². The molecule has 0 saturated carbocycles. The fourth-order valence-electron chi connectivity index (χ4n) is 4.43. The van der Waals surface area contributed by atoms with Gasteiger partial charge in [0.2, 0.25) is 23.6 Å². The number of H-pyrrole nitrogens is 1. The summed E-state index contributed by atoms with van der Waals surface area (Å²) in [5.41, 5.74) is 2.14. The number of amides is 4. The van der Waals surface area contributed by atoms with E-state index in [1.165, 1.54) is 4.90 Å². The van der Waals surface area contributed by atoms with Crippen molar-refractivity contribution in [1.29, 1.82) is 0 Å². The van der Waals surface area contributed by atoms with Crippen molar-refractivity contribution in [3.63, 3.8) is 0 Å². The molecular weight excluding hydrogens is 500 g/mol. The summed E-state index contributed by atoms with van der Waals surface area (Å²) in [6.45, 7) is 3.58. The van der Waals surface area contributed by atoms with Crippen LogP contribution >= 0.6 is 0 Å². The molecule has 1 aromatic carbocycles. The third kappa shape index (κ3) is 6.83. The first-order valence-corrected chi connectivity index (χ1v) is 12.9. The lowest BCUT2D eigenvalue weighted by Crippen LogP contribution is -2.54. The van der Waals surface area contributed by atoms with Gasteiger partial charge in [0, 0.05) is 18.8 Å². The zero-order chi connectivity index (χ0) is 27.8. The maximum absolute atomic E-state index is 13.4. The van der Waals surface area contributed by atoms with Crippen LogP contribution in [0.2, 0.25) is 0 Å². The SMILES string of the molecule is CCC(C)C(NC(=O)Cc1ccccc1)C(=O)NCC(=O)N1c2ncccc2C[C@H]1C(=O)NCc1c[nH]nn1. The van der Waals surface area contributed by atoms with Crippen molar-refractivity contribution in [1.82, 2.24) is 36.3 Å². The molecule has 4 rings (SSSR count). The lowest BCUT2D eigenvalue weighted by molar-refractivity contribution is -0.131. The molecule has 204 valence electrons. The topological polar surface area (TPSA) is 162 Å². The molecule has 0 bridgehead atoms. The number of nitrogens with one attached hydrogen (secondary N) is 4. The van der Waals surface area contributed by atoms with Gasteiger partial charge in [-0.1, -0.05) is 61.9 Å². The van der Waals surface area contributed by atoms with E-state index in [2.05, 4.69) is 36.3 Å². The number of hydrogen-bond donors (Lipinski definition) is 4. The number of aromatic nitrogens is 4. The van der Waals surface area contributed by atoms with Gasteiger partial charge in [-0.3, -0.25) is 29.2 Å². The Bertz CT molecular complexity index is 1300. The predicted octanol–water partition coefficient (Wildman–Crippen LogP) is 0.664. The van der Waals surface area contributed by atoms with E-state index in [0.717, 1.165) is 11.1 Å². The molecular formula is C27H32N8O4. The number of carbonyl (C=O) groups is 4. The van der Waals surface area contributed by atoms with Crippen molar-refractivity contribution in [2.75, 3.05) is 11.4 Å². The maximum atomic E-state index is 13.4. The summed E-state index contributed by atoms with van der Waals surface area (Å²) in [6, 6.07) is 11.2. The van der Waals surface area contributed by atoms with Gasteiger partial charge in [-0.15, -0.1) is 5.10 Å². The first-order chi connectivity index (χ1) is 18.9. The number of pyridine rings is 1.